The molecule has 2 spiro atoms. The molecular formula is C41H58NO7P. The topological polar surface area (TPSA) is 97.7 Å². The molecule has 5 fully saturated rings. The fourth-order valence-corrected chi connectivity index (χ4v) is 12.9. The molecule has 4 bridgehead atoms. The highest BCUT2D eigenvalue weighted by Crippen LogP contribution is 2.78. The van der Waals surface area contributed by atoms with E-state index in [9.17, 15) is 14.6 Å². The Morgan fingerprint density at radius 2 is 1.76 bits per heavy atom. The van der Waals surface area contributed by atoms with Gasteiger partial charge in [0.1, 0.15) is 11.7 Å². The maximum atomic E-state index is 14.0. The summed E-state index contributed by atoms with van der Waals surface area (Å²) >= 11 is 0. The number of phenols is 1. The Hall–Kier alpha value is -1.93. The van der Waals surface area contributed by atoms with E-state index in [-0.39, 0.29) is 35.2 Å². The van der Waals surface area contributed by atoms with E-state index >= 15 is 0 Å². The van der Waals surface area contributed by atoms with E-state index in [0.717, 1.165) is 76.8 Å². The number of piperidine rings is 1. The van der Waals surface area contributed by atoms with Gasteiger partial charge in [-0.05, 0) is 106 Å². The number of phenolic OH excluding ortho intramolecular Hbond substituents is 1. The van der Waals surface area contributed by atoms with Crippen LogP contribution in [0, 0.1) is 22.7 Å². The Balaban J connectivity index is 1.07. The molecule has 0 aromatic heterocycles. The van der Waals surface area contributed by atoms with E-state index in [0.29, 0.717) is 18.2 Å². The first kappa shape index (κ1) is 35.1. The largest absolute Gasteiger partial charge is 0.504 e. The third-order valence-electron chi connectivity index (χ3n) is 14.6. The minimum atomic E-state index is -4.45. The summed E-state index contributed by atoms with van der Waals surface area (Å²) in [4.78, 5) is 14.2. The van der Waals surface area contributed by atoms with Gasteiger partial charge in [-0.1, -0.05) is 70.0 Å². The predicted octanol–water partition coefficient (Wildman–Crippen LogP) is 8.36. The molecule has 8 atom stereocenters. The van der Waals surface area contributed by atoms with Gasteiger partial charge in [0.05, 0.1) is 12.2 Å². The summed E-state index contributed by atoms with van der Waals surface area (Å²) in [7, 11) is -2.67. The molecule has 2 N–H and O–H groups in total. The van der Waals surface area contributed by atoms with Crippen LogP contribution in [0.25, 0.3) is 0 Å². The average molecular weight is 708 g/mol. The first-order valence-electron chi connectivity index (χ1n) is 19.3. The molecule has 8 unspecified atom stereocenters. The van der Waals surface area contributed by atoms with E-state index in [1.807, 2.05) is 19.1 Å². The van der Waals surface area contributed by atoms with Crippen molar-refractivity contribution in [1.82, 2.24) is 4.90 Å². The first-order chi connectivity index (χ1) is 23.8. The molecule has 2 aromatic carbocycles. The van der Waals surface area contributed by atoms with Crippen LogP contribution in [0.3, 0.4) is 0 Å². The van der Waals surface area contributed by atoms with Gasteiger partial charge in [0.25, 0.3) is 0 Å². The molecule has 5 aliphatic carbocycles. The lowest BCUT2D eigenvalue weighted by molar-refractivity contribution is -0.310. The molecule has 0 amide bonds. The van der Waals surface area contributed by atoms with Crippen molar-refractivity contribution in [1.29, 1.82) is 0 Å². The Morgan fingerprint density at radius 1 is 1.00 bits per heavy atom. The SMILES string of the molecule is COC12CCC3(CC1C(C)(OP(=O)(O)OCCCCCCc1ccccc1)C(C)(C)C)C1Cc4ccc(O)c5c4C3(CCN1CC1CC1)C2O5. The van der Waals surface area contributed by atoms with Crippen LogP contribution < -0.4 is 4.74 Å². The second kappa shape index (κ2) is 12.3. The summed E-state index contributed by atoms with van der Waals surface area (Å²) in [6, 6.07) is 14.8. The van der Waals surface area contributed by atoms with Crippen LogP contribution in [0.4, 0.5) is 0 Å². The Bertz CT molecular complexity index is 1640. The van der Waals surface area contributed by atoms with Crippen molar-refractivity contribution in [2.45, 2.75) is 134 Å². The summed E-state index contributed by atoms with van der Waals surface area (Å²) in [6.45, 7) is 10.7. The minimum Gasteiger partial charge on any atom is -0.504 e. The van der Waals surface area contributed by atoms with Crippen molar-refractivity contribution in [3.8, 4) is 11.5 Å². The van der Waals surface area contributed by atoms with Crippen LogP contribution in [0.2, 0.25) is 0 Å². The molecule has 2 aliphatic heterocycles. The number of aromatic hydroxyl groups is 1. The van der Waals surface area contributed by atoms with Gasteiger partial charge in [0.15, 0.2) is 11.5 Å². The van der Waals surface area contributed by atoms with Gasteiger partial charge in [-0.3, -0.25) is 13.9 Å². The van der Waals surface area contributed by atoms with Crippen LogP contribution in [-0.4, -0.2) is 65.1 Å². The summed E-state index contributed by atoms with van der Waals surface area (Å²) in [5, 5.41) is 11.3. The van der Waals surface area contributed by atoms with E-state index < -0.39 is 24.4 Å². The van der Waals surface area contributed by atoms with Crippen molar-refractivity contribution in [3.63, 3.8) is 0 Å². The number of hydrogen-bond acceptors (Lipinski definition) is 7. The zero-order chi connectivity index (χ0) is 35.2. The molecule has 7 aliphatic rings. The summed E-state index contributed by atoms with van der Waals surface area (Å²) in [5.41, 5.74) is 1.00. The lowest BCUT2D eigenvalue weighted by Gasteiger charge is -2.75. The molecule has 8 nitrogen and oxygen atoms in total. The molecule has 9 heteroatoms. The Morgan fingerprint density at radius 3 is 2.48 bits per heavy atom. The van der Waals surface area contributed by atoms with Crippen LogP contribution in [0.5, 0.6) is 11.5 Å². The fourth-order valence-electron chi connectivity index (χ4n) is 11.6. The highest BCUT2D eigenvalue weighted by Gasteiger charge is 2.83. The normalized spacial score (nSPS) is 34.9. The van der Waals surface area contributed by atoms with E-state index in [2.05, 4.69) is 56.0 Å². The van der Waals surface area contributed by atoms with E-state index in [4.69, 9.17) is 18.5 Å². The zero-order valence-electron chi connectivity index (χ0n) is 30.8. The highest BCUT2D eigenvalue weighted by atomic mass is 31.2. The second-order valence-corrected chi connectivity index (χ2v) is 19.2. The number of benzene rings is 2. The first-order valence-corrected chi connectivity index (χ1v) is 20.8. The number of hydrogen-bond donors (Lipinski definition) is 2. The second-order valence-electron chi connectivity index (χ2n) is 17.8. The Kier molecular flexibility index (Phi) is 8.65. The molecule has 1 saturated heterocycles. The summed E-state index contributed by atoms with van der Waals surface area (Å²) in [5.74, 6) is 1.36. The Labute approximate surface area is 298 Å². The van der Waals surface area contributed by atoms with Crippen LogP contribution in [0.15, 0.2) is 42.5 Å². The van der Waals surface area contributed by atoms with Gasteiger partial charge in [0.2, 0.25) is 0 Å². The van der Waals surface area contributed by atoms with Crippen molar-refractivity contribution < 1.29 is 33.1 Å². The number of unbranched alkanes of at least 4 members (excludes halogenated alkanes) is 3. The summed E-state index contributed by atoms with van der Waals surface area (Å²) in [6.07, 6.45) is 11.5. The number of phosphoric ester groups is 1. The third-order valence-corrected chi connectivity index (χ3v) is 15.7. The molecular weight excluding hydrogens is 649 g/mol. The molecule has 9 rings (SSSR count). The number of aryl methyl sites for hydroxylation is 1. The van der Waals surface area contributed by atoms with Crippen molar-refractivity contribution in [2.24, 2.45) is 22.7 Å². The highest BCUT2D eigenvalue weighted by molar-refractivity contribution is 7.47. The number of rotatable bonds is 14. The molecule has 50 heavy (non-hydrogen) atoms. The number of phosphoric acid groups is 1. The number of ether oxygens (including phenoxy) is 2. The minimum absolute atomic E-state index is 0.141. The van der Waals surface area contributed by atoms with Crippen molar-refractivity contribution in [2.75, 3.05) is 26.8 Å². The number of methoxy groups -OCH3 is 1. The van der Waals surface area contributed by atoms with Crippen LogP contribution in [0.1, 0.15) is 109 Å². The average Bonchev–Trinajstić information content (AvgIpc) is 3.82. The lowest BCUT2D eigenvalue weighted by atomic mass is 9.33. The fraction of sp³-hybridized carbons (Fsp3) is 0.707. The maximum absolute atomic E-state index is 14.0. The standard InChI is InChI=1S/C41H58NO7P/c1-37(2,3)38(4,49-50(44,45)47-24-12-7-6-9-13-28-14-10-8-11-15-28)32-26-39-20-21-41(32,46-5)36-40(39)22-23-42(27-29-16-17-29)33(39)25-30-18-19-31(43)35(48-36)34(30)40/h8,10-11,14-15,18-19,29,32-33,36,43H,6-7,9,12-13,16-17,20-27H2,1-5H3,(H,44,45). The number of fused-ring (bicyclic) bond motifs is 2. The smallest absolute Gasteiger partial charge is 0.472 e. The molecule has 4 saturated carbocycles. The predicted molar refractivity (Wildman–Crippen MR) is 193 cm³/mol. The van der Waals surface area contributed by atoms with Crippen molar-refractivity contribution >= 4 is 7.82 Å². The van der Waals surface area contributed by atoms with Crippen LogP contribution in [-0.2, 0) is 36.6 Å². The van der Waals surface area contributed by atoms with Gasteiger partial charge in [-0.2, -0.15) is 0 Å². The van der Waals surface area contributed by atoms with Crippen LogP contribution >= 0.6 is 7.82 Å². The van der Waals surface area contributed by atoms with Gasteiger partial charge >= 0.3 is 7.82 Å². The third kappa shape index (κ3) is 5.21. The van der Waals surface area contributed by atoms with Gasteiger partial charge in [-0.15, -0.1) is 0 Å². The maximum Gasteiger partial charge on any atom is 0.472 e. The monoisotopic (exact) mass is 707 g/mol. The van der Waals surface area contributed by atoms with E-state index in [1.165, 1.54) is 29.5 Å². The molecule has 2 aromatic rings. The van der Waals surface area contributed by atoms with Gasteiger partial charge < -0.3 is 19.5 Å². The number of nitrogens with zero attached hydrogens (tertiary/aromatic N) is 1. The summed E-state index contributed by atoms with van der Waals surface area (Å²) < 4.78 is 40.1. The quantitative estimate of drug-likeness (QED) is 0.149. The molecule has 2 heterocycles. The molecule has 274 valence electrons. The van der Waals surface area contributed by atoms with Gasteiger partial charge in [-0.25, -0.2) is 4.57 Å². The lowest BCUT2D eigenvalue weighted by Crippen LogP contribution is -2.83. The van der Waals surface area contributed by atoms with Crippen molar-refractivity contribution in [3.05, 3.63) is 59.2 Å². The van der Waals surface area contributed by atoms with E-state index in [1.54, 1.807) is 7.11 Å². The van der Waals surface area contributed by atoms with Gasteiger partial charge in [0, 0.05) is 42.0 Å². The number of likely N-dealkylation sites (tertiary alicyclic amines) is 1. The zero-order valence-corrected chi connectivity index (χ0v) is 31.7. The molecule has 0 radical (unpaired) electrons.